The van der Waals surface area contributed by atoms with Crippen molar-refractivity contribution in [3.63, 3.8) is 0 Å². The van der Waals surface area contributed by atoms with Crippen molar-refractivity contribution in [2.45, 2.75) is 38.3 Å². The Kier molecular flexibility index (Phi) is 5.06. The van der Waals surface area contributed by atoms with Gasteiger partial charge in [-0.1, -0.05) is 30.5 Å². The fourth-order valence-electron chi connectivity index (χ4n) is 3.38. The molecule has 1 aromatic rings. The highest BCUT2D eigenvalue weighted by Gasteiger charge is 2.48. The molecule has 2 aliphatic rings. The summed E-state index contributed by atoms with van der Waals surface area (Å²) in [6.07, 6.45) is 3.36. The van der Waals surface area contributed by atoms with E-state index in [1.807, 2.05) is 0 Å². The molecule has 0 bridgehead atoms. The summed E-state index contributed by atoms with van der Waals surface area (Å²) in [6, 6.07) is 3.60. The third-order valence-corrected chi connectivity index (χ3v) is 5.00. The van der Waals surface area contributed by atoms with Crippen molar-refractivity contribution >= 4 is 29.4 Å². The predicted octanol–water partition coefficient (Wildman–Crippen LogP) is 2.60. The van der Waals surface area contributed by atoms with Crippen molar-refractivity contribution < 1.29 is 18.8 Å². The molecular weight excluding hydrogens is 349 g/mol. The van der Waals surface area contributed by atoms with Gasteiger partial charge in [0.2, 0.25) is 0 Å². The van der Waals surface area contributed by atoms with Crippen LogP contribution in [0.15, 0.2) is 18.2 Å². The fourth-order valence-corrected chi connectivity index (χ4v) is 3.60. The Balaban J connectivity index is 1.70. The second kappa shape index (κ2) is 7.09. The van der Waals surface area contributed by atoms with Crippen LogP contribution >= 0.6 is 11.6 Å². The molecule has 6 nitrogen and oxygen atoms in total. The van der Waals surface area contributed by atoms with Crippen molar-refractivity contribution in [3.8, 4) is 0 Å². The van der Waals surface area contributed by atoms with E-state index in [0.29, 0.717) is 0 Å². The van der Waals surface area contributed by atoms with E-state index in [-0.39, 0.29) is 29.8 Å². The molecule has 0 radical (unpaired) electrons. The van der Waals surface area contributed by atoms with Gasteiger partial charge in [0.1, 0.15) is 5.82 Å². The molecule has 1 aromatic carbocycles. The van der Waals surface area contributed by atoms with Gasteiger partial charge in [0.25, 0.3) is 0 Å². The Morgan fingerprint density at radius 1 is 1.20 bits per heavy atom. The first-order chi connectivity index (χ1) is 11.9. The van der Waals surface area contributed by atoms with Crippen LogP contribution < -0.4 is 0 Å². The Morgan fingerprint density at radius 3 is 2.52 bits per heavy atom. The molecule has 0 N–H and O–H groups in total. The summed E-state index contributed by atoms with van der Waals surface area (Å²) in [6.45, 7) is 0.0114. The van der Waals surface area contributed by atoms with Gasteiger partial charge < -0.3 is 0 Å². The van der Waals surface area contributed by atoms with Crippen molar-refractivity contribution in [1.29, 1.82) is 0 Å². The maximum Gasteiger partial charge on any atom is 0.335 e. The number of halogens is 2. The van der Waals surface area contributed by atoms with E-state index in [9.17, 15) is 18.8 Å². The molecule has 2 fully saturated rings. The topological polar surface area (TPSA) is 60.9 Å². The van der Waals surface area contributed by atoms with Gasteiger partial charge in [0.05, 0.1) is 6.67 Å². The molecular formula is C17H19ClFN3O3. The second-order valence-electron chi connectivity index (χ2n) is 6.49. The first kappa shape index (κ1) is 17.8. The van der Waals surface area contributed by atoms with Crippen molar-refractivity contribution in [2.24, 2.45) is 0 Å². The second-order valence-corrected chi connectivity index (χ2v) is 6.89. The van der Waals surface area contributed by atoms with Crippen molar-refractivity contribution in [2.75, 3.05) is 13.7 Å². The van der Waals surface area contributed by atoms with Gasteiger partial charge in [0.15, 0.2) is 0 Å². The Bertz CT molecular complexity index is 701. The lowest BCUT2D eigenvalue weighted by atomic mass is 10.2. The number of urea groups is 1. The lowest BCUT2D eigenvalue weighted by Crippen LogP contribution is -2.42. The van der Waals surface area contributed by atoms with Crippen LogP contribution in [-0.4, -0.2) is 52.3 Å². The third kappa shape index (κ3) is 3.39. The number of amides is 4. The number of hydrogen-bond donors (Lipinski definition) is 0. The smallest absolute Gasteiger partial charge is 0.284 e. The van der Waals surface area contributed by atoms with Gasteiger partial charge in [-0.05, 0) is 32.0 Å². The molecule has 1 aliphatic carbocycles. The van der Waals surface area contributed by atoms with Crippen LogP contribution in [0.5, 0.6) is 0 Å². The lowest BCUT2D eigenvalue weighted by molar-refractivity contribution is -0.144. The van der Waals surface area contributed by atoms with Crippen molar-refractivity contribution in [1.82, 2.24) is 14.7 Å². The zero-order valence-corrected chi connectivity index (χ0v) is 14.6. The van der Waals surface area contributed by atoms with Crippen LogP contribution in [-0.2, 0) is 16.1 Å². The molecule has 0 atom stereocenters. The van der Waals surface area contributed by atoms with E-state index >= 15 is 0 Å². The summed E-state index contributed by atoms with van der Waals surface area (Å²) in [5, 5.41) is 0.273. The van der Waals surface area contributed by atoms with Crippen LogP contribution in [0.1, 0.15) is 31.2 Å². The number of benzene rings is 1. The highest BCUT2D eigenvalue weighted by atomic mass is 35.5. The highest BCUT2D eigenvalue weighted by molar-refractivity contribution is 6.44. The fraction of sp³-hybridized carbons (Fsp3) is 0.471. The zero-order valence-electron chi connectivity index (χ0n) is 13.9. The Labute approximate surface area is 150 Å². The summed E-state index contributed by atoms with van der Waals surface area (Å²) in [7, 11) is 1.63. The van der Waals surface area contributed by atoms with Gasteiger partial charge in [0, 0.05) is 23.2 Å². The highest BCUT2D eigenvalue weighted by Crippen LogP contribution is 2.28. The summed E-state index contributed by atoms with van der Waals surface area (Å²) >= 11 is 6.00. The van der Waals surface area contributed by atoms with E-state index in [2.05, 4.69) is 0 Å². The van der Waals surface area contributed by atoms with E-state index in [1.54, 1.807) is 18.0 Å². The number of hydrogen-bond acceptors (Lipinski definition) is 4. The Morgan fingerprint density at radius 2 is 1.88 bits per heavy atom. The first-order valence-electron chi connectivity index (χ1n) is 8.20. The normalized spacial score (nSPS) is 19.0. The lowest BCUT2D eigenvalue weighted by Gasteiger charge is -2.24. The van der Waals surface area contributed by atoms with Crippen LogP contribution in [0, 0.1) is 5.82 Å². The Hall–Kier alpha value is -1.99. The maximum atomic E-state index is 13.9. The SMILES string of the molecule is CN(Cc1c(F)cccc1Cl)CN1C(=O)C(=O)N(C2CCCC2)C1=O. The molecule has 3 rings (SSSR count). The number of imide groups is 2. The van der Waals surface area contributed by atoms with Gasteiger partial charge >= 0.3 is 17.8 Å². The summed E-state index contributed by atoms with van der Waals surface area (Å²) in [4.78, 5) is 40.5. The molecule has 1 aliphatic heterocycles. The summed E-state index contributed by atoms with van der Waals surface area (Å²) < 4.78 is 13.9. The van der Waals surface area contributed by atoms with Gasteiger partial charge in [-0.15, -0.1) is 0 Å². The number of rotatable bonds is 5. The molecule has 1 heterocycles. The number of carbonyl (C=O) groups is 3. The van der Waals surface area contributed by atoms with Crippen LogP contribution in [0.4, 0.5) is 9.18 Å². The molecule has 1 saturated carbocycles. The van der Waals surface area contributed by atoms with Crippen LogP contribution in [0.25, 0.3) is 0 Å². The van der Waals surface area contributed by atoms with Crippen molar-refractivity contribution in [3.05, 3.63) is 34.6 Å². The number of carbonyl (C=O) groups excluding carboxylic acids is 3. The molecule has 4 amide bonds. The first-order valence-corrected chi connectivity index (χ1v) is 8.58. The van der Waals surface area contributed by atoms with Gasteiger partial charge in [-0.25, -0.2) is 14.1 Å². The van der Waals surface area contributed by atoms with E-state index < -0.39 is 23.7 Å². The van der Waals surface area contributed by atoms with Crippen LogP contribution in [0.2, 0.25) is 5.02 Å². The third-order valence-electron chi connectivity index (χ3n) is 4.65. The zero-order chi connectivity index (χ0) is 18.1. The molecule has 134 valence electrons. The predicted molar refractivity (Wildman–Crippen MR) is 89.1 cm³/mol. The molecule has 0 spiro atoms. The minimum atomic E-state index is -0.830. The standard InChI is InChI=1S/C17H19ClFN3O3/c1-20(9-12-13(18)7-4-8-14(12)19)10-21-15(23)16(24)22(17(21)25)11-5-2-3-6-11/h4,7-8,11H,2-3,5-6,9-10H2,1H3. The summed E-state index contributed by atoms with van der Waals surface area (Å²) in [5.41, 5.74) is 0.282. The minimum absolute atomic E-state index is 0.0999. The monoisotopic (exact) mass is 367 g/mol. The average Bonchev–Trinajstić information content (AvgIpc) is 3.15. The molecule has 1 saturated heterocycles. The molecule has 25 heavy (non-hydrogen) atoms. The minimum Gasteiger partial charge on any atom is -0.284 e. The van der Waals surface area contributed by atoms with Gasteiger partial charge in [-0.3, -0.25) is 19.4 Å². The molecule has 0 unspecified atom stereocenters. The molecule has 0 aromatic heterocycles. The van der Waals surface area contributed by atoms with E-state index in [4.69, 9.17) is 11.6 Å². The van der Waals surface area contributed by atoms with Crippen LogP contribution in [0.3, 0.4) is 0 Å². The van der Waals surface area contributed by atoms with E-state index in [0.717, 1.165) is 35.5 Å². The number of nitrogens with zero attached hydrogens (tertiary/aromatic N) is 3. The van der Waals surface area contributed by atoms with E-state index in [1.165, 1.54) is 12.1 Å². The maximum absolute atomic E-state index is 13.9. The quantitative estimate of drug-likeness (QED) is 0.593. The summed E-state index contributed by atoms with van der Waals surface area (Å²) in [5.74, 6) is -2.06. The molecule has 8 heteroatoms. The van der Waals surface area contributed by atoms with Gasteiger partial charge in [-0.2, -0.15) is 0 Å². The largest absolute Gasteiger partial charge is 0.335 e. The average molecular weight is 368 g/mol.